The SMILES string of the molecule is CCC(C)(C)C(=O)OCCOC(=O)c1cc([N+](=O)[O-])cc([N+](=O)[O-])c1. The van der Waals surface area contributed by atoms with Gasteiger partial charge in [0.25, 0.3) is 11.4 Å². The average molecular weight is 354 g/mol. The van der Waals surface area contributed by atoms with Crippen molar-refractivity contribution < 1.29 is 28.9 Å². The van der Waals surface area contributed by atoms with Gasteiger partial charge in [-0.1, -0.05) is 6.92 Å². The number of nitro groups is 2. The first kappa shape index (κ1) is 20.0. The summed E-state index contributed by atoms with van der Waals surface area (Å²) in [5.74, 6) is -1.44. The fourth-order valence-corrected chi connectivity index (χ4v) is 1.62. The molecule has 1 rings (SSSR count). The monoisotopic (exact) mass is 354 g/mol. The number of esters is 2. The molecule has 0 fully saturated rings. The van der Waals surface area contributed by atoms with Gasteiger partial charge in [-0.3, -0.25) is 25.0 Å². The Bertz CT molecular complexity index is 667. The van der Waals surface area contributed by atoms with E-state index in [0.29, 0.717) is 6.42 Å². The summed E-state index contributed by atoms with van der Waals surface area (Å²) in [6, 6.07) is 2.49. The number of nitro benzene ring substituents is 2. The Balaban J connectivity index is 2.70. The highest BCUT2D eigenvalue weighted by Gasteiger charge is 2.27. The first-order valence-electron chi connectivity index (χ1n) is 7.36. The molecule has 0 amide bonds. The molecule has 0 spiro atoms. The number of non-ortho nitro benzene ring substituents is 2. The first-order chi connectivity index (χ1) is 11.6. The van der Waals surface area contributed by atoms with E-state index in [1.807, 2.05) is 6.92 Å². The second kappa shape index (κ2) is 8.18. The van der Waals surface area contributed by atoms with Gasteiger partial charge in [-0.15, -0.1) is 0 Å². The minimum absolute atomic E-state index is 0.189. The molecule has 10 heteroatoms. The number of nitrogens with zero attached hydrogens (tertiary/aromatic N) is 2. The molecule has 0 N–H and O–H groups in total. The van der Waals surface area contributed by atoms with E-state index in [1.54, 1.807) is 13.8 Å². The number of hydrogen-bond acceptors (Lipinski definition) is 8. The Morgan fingerprint density at radius 2 is 1.48 bits per heavy atom. The second-order valence-corrected chi connectivity index (χ2v) is 5.76. The molecule has 1 aromatic rings. The van der Waals surface area contributed by atoms with E-state index in [2.05, 4.69) is 0 Å². The van der Waals surface area contributed by atoms with Gasteiger partial charge in [0, 0.05) is 12.1 Å². The summed E-state index contributed by atoms with van der Waals surface area (Å²) in [7, 11) is 0. The maximum absolute atomic E-state index is 11.9. The topological polar surface area (TPSA) is 139 Å². The highest BCUT2D eigenvalue weighted by atomic mass is 16.6. The molecule has 0 aromatic heterocycles. The smallest absolute Gasteiger partial charge is 0.338 e. The van der Waals surface area contributed by atoms with Crippen LogP contribution in [0.4, 0.5) is 11.4 Å². The molecule has 25 heavy (non-hydrogen) atoms. The van der Waals surface area contributed by atoms with Crippen LogP contribution in [0, 0.1) is 25.6 Å². The third-order valence-electron chi connectivity index (χ3n) is 3.55. The Morgan fingerprint density at radius 1 is 1.00 bits per heavy atom. The summed E-state index contributed by atoms with van der Waals surface area (Å²) in [5, 5.41) is 21.6. The zero-order chi connectivity index (χ0) is 19.2. The molecule has 0 saturated carbocycles. The summed E-state index contributed by atoms with van der Waals surface area (Å²) in [5.41, 5.74) is -2.19. The highest BCUT2D eigenvalue weighted by Crippen LogP contribution is 2.23. The number of carbonyl (C=O) groups excluding carboxylic acids is 2. The summed E-state index contributed by atoms with van der Waals surface area (Å²) in [4.78, 5) is 43.5. The van der Waals surface area contributed by atoms with Crippen molar-refractivity contribution in [3.63, 3.8) is 0 Å². The molecule has 1 aromatic carbocycles. The van der Waals surface area contributed by atoms with Crippen molar-refractivity contribution in [3.8, 4) is 0 Å². The van der Waals surface area contributed by atoms with E-state index >= 15 is 0 Å². The van der Waals surface area contributed by atoms with E-state index in [4.69, 9.17) is 9.47 Å². The van der Waals surface area contributed by atoms with Gasteiger partial charge in [-0.05, 0) is 20.3 Å². The Morgan fingerprint density at radius 3 is 1.92 bits per heavy atom. The van der Waals surface area contributed by atoms with E-state index in [1.165, 1.54) is 0 Å². The van der Waals surface area contributed by atoms with E-state index in [9.17, 15) is 29.8 Å². The average Bonchev–Trinajstić information content (AvgIpc) is 2.57. The maximum atomic E-state index is 11.9. The van der Waals surface area contributed by atoms with Crippen LogP contribution in [0.5, 0.6) is 0 Å². The second-order valence-electron chi connectivity index (χ2n) is 5.76. The number of carbonyl (C=O) groups is 2. The lowest BCUT2D eigenvalue weighted by molar-refractivity contribution is -0.394. The predicted molar refractivity (Wildman–Crippen MR) is 85.1 cm³/mol. The van der Waals surface area contributed by atoms with Gasteiger partial charge in [0.2, 0.25) is 0 Å². The minimum Gasteiger partial charge on any atom is -0.462 e. The van der Waals surface area contributed by atoms with Gasteiger partial charge in [0.1, 0.15) is 13.2 Å². The molecular formula is C15H18N2O8. The van der Waals surface area contributed by atoms with Crippen LogP contribution in [0.1, 0.15) is 37.6 Å². The lowest BCUT2D eigenvalue weighted by atomic mass is 9.91. The fourth-order valence-electron chi connectivity index (χ4n) is 1.62. The number of benzene rings is 1. The fraction of sp³-hybridized carbons (Fsp3) is 0.467. The third-order valence-corrected chi connectivity index (χ3v) is 3.55. The molecule has 0 saturated heterocycles. The normalized spacial score (nSPS) is 10.8. The zero-order valence-electron chi connectivity index (χ0n) is 14.0. The van der Waals surface area contributed by atoms with Gasteiger partial charge in [-0.25, -0.2) is 4.79 Å². The number of hydrogen-bond donors (Lipinski definition) is 0. The quantitative estimate of drug-likeness (QED) is 0.300. The van der Waals surface area contributed by atoms with Gasteiger partial charge < -0.3 is 9.47 Å². The largest absolute Gasteiger partial charge is 0.462 e. The predicted octanol–water partition coefficient (Wildman–Crippen LogP) is 2.64. The highest BCUT2D eigenvalue weighted by molar-refractivity contribution is 5.91. The van der Waals surface area contributed by atoms with Gasteiger partial charge in [0.15, 0.2) is 0 Å². The van der Waals surface area contributed by atoms with E-state index in [-0.39, 0.29) is 18.8 Å². The Hall–Kier alpha value is -3.04. The van der Waals surface area contributed by atoms with Crippen LogP contribution < -0.4 is 0 Å². The van der Waals surface area contributed by atoms with E-state index in [0.717, 1.165) is 18.2 Å². The maximum Gasteiger partial charge on any atom is 0.338 e. The summed E-state index contributed by atoms with van der Waals surface area (Å²) in [6.07, 6.45) is 0.572. The van der Waals surface area contributed by atoms with Crippen LogP contribution >= 0.6 is 0 Å². The van der Waals surface area contributed by atoms with Crippen molar-refractivity contribution in [2.75, 3.05) is 13.2 Å². The Kier molecular flexibility index (Phi) is 6.54. The van der Waals surface area contributed by atoms with Crippen molar-refractivity contribution in [3.05, 3.63) is 44.0 Å². The van der Waals surface area contributed by atoms with Crippen LogP contribution in [0.3, 0.4) is 0 Å². The van der Waals surface area contributed by atoms with Crippen molar-refractivity contribution in [2.45, 2.75) is 27.2 Å². The van der Waals surface area contributed by atoms with Gasteiger partial charge >= 0.3 is 11.9 Å². The molecule has 0 atom stereocenters. The molecule has 0 aliphatic rings. The molecule has 136 valence electrons. The summed E-state index contributed by atoms with van der Waals surface area (Å²) in [6.45, 7) is 4.79. The van der Waals surface area contributed by atoms with Crippen molar-refractivity contribution in [2.24, 2.45) is 5.41 Å². The van der Waals surface area contributed by atoms with Gasteiger partial charge in [-0.2, -0.15) is 0 Å². The molecule has 0 unspecified atom stereocenters. The Labute approximate surface area is 143 Å². The van der Waals surface area contributed by atoms with Crippen molar-refractivity contribution in [1.82, 2.24) is 0 Å². The van der Waals surface area contributed by atoms with Crippen LogP contribution in [0.25, 0.3) is 0 Å². The lowest BCUT2D eigenvalue weighted by Crippen LogP contribution is -2.27. The van der Waals surface area contributed by atoms with Crippen LogP contribution in [-0.2, 0) is 14.3 Å². The van der Waals surface area contributed by atoms with Crippen molar-refractivity contribution in [1.29, 1.82) is 0 Å². The number of ether oxygens (including phenoxy) is 2. The molecule has 0 aliphatic carbocycles. The van der Waals surface area contributed by atoms with Gasteiger partial charge in [0.05, 0.1) is 26.9 Å². The first-order valence-corrected chi connectivity index (χ1v) is 7.36. The van der Waals surface area contributed by atoms with E-state index < -0.39 is 38.6 Å². The molecule has 0 heterocycles. The molecule has 0 bridgehead atoms. The van der Waals surface area contributed by atoms with Crippen LogP contribution in [0.15, 0.2) is 18.2 Å². The standard InChI is InChI=1S/C15H18N2O8/c1-4-15(2,3)14(19)25-6-5-24-13(18)10-7-11(16(20)21)9-12(8-10)17(22)23/h7-9H,4-6H2,1-3H3. The minimum atomic E-state index is -0.988. The third kappa shape index (κ3) is 5.52. The lowest BCUT2D eigenvalue weighted by Gasteiger charge is -2.20. The zero-order valence-corrected chi connectivity index (χ0v) is 14.0. The summed E-state index contributed by atoms with van der Waals surface area (Å²) < 4.78 is 9.81. The molecular weight excluding hydrogens is 336 g/mol. The van der Waals surface area contributed by atoms with Crippen LogP contribution in [0.2, 0.25) is 0 Å². The molecule has 0 aliphatic heterocycles. The molecule has 0 radical (unpaired) electrons. The number of rotatable bonds is 8. The molecule has 10 nitrogen and oxygen atoms in total. The van der Waals surface area contributed by atoms with Crippen molar-refractivity contribution >= 4 is 23.3 Å². The summed E-state index contributed by atoms with van der Waals surface area (Å²) >= 11 is 0. The van der Waals surface area contributed by atoms with Crippen LogP contribution in [-0.4, -0.2) is 35.0 Å².